The molecule has 0 fully saturated rings. The summed E-state index contributed by atoms with van der Waals surface area (Å²) in [4.78, 5) is 49.9. The number of carbonyl (C=O) groups excluding carboxylic acids is 3. The van der Waals surface area contributed by atoms with Crippen LogP contribution in [0.5, 0.6) is 5.75 Å². The first-order valence-electron chi connectivity index (χ1n) is 11.7. The minimum absolute atomic E-state index is 0.0431. The standard InChI is InChI=1S/C25H33N5O6/c1-16-12-30(23(31)15-34-4)17(2)14-36-21-7-6-18(28-24(32)20-11-26-8-9-27-20)10-19(21)25(33)29(3)13-22(16)35-5/h6-11,16-17,22H,12-15H2,1-5H3,(H,28,32)/t16-,17+,22+/m1/s1. The lowest BCUT2D eigenvalue weighted by molar-refractivity contribution is -0.139. The Hall–Kier alpha value is -3.57. The van der Waals surface area contributed by atoms with Crippen LogP contribution >= 0.6 is 0 Å². The number of anilines is 1. The second kappa shape index (κ2) is 12.4. The quantitative estimate of drug-likeness (QED) is 0.660. The van der Waals surface area contributed by atoms with Crippen LogP contribution in [0.1, 0.15) is 34.7 Å². The lowest BCUT2D eigenvalue weighted by atomic mass is 10.0. The average molecular weight is 500 g/mol. The molecule has 1 N–H and O–H groups in total. The molecule has 194 valence electrons. The van der Waals surface area contributed by atoms with Crippen molar-refractivity contribution in [3.63, 3.8) is 0 Å². The molecule has 2 aromatic rings. The van der Waals surface area contributed by atoms with Gasteiger partial charge in [0.1, 0.15) is 24.7 Å². The Morgan fingerprint density at radius 3 is 2.64 bits per heavy atom. The predicted molar refractivity (Wildman–Crippen MR) is 132 cm³/mol. The monoisotopic (exact) mass is 499 g/mol. The van der Waals surface area contributed by atoms with Crippen molar-refractivity contribution in [3.8, 4) is 5.75 Å². The van der Waals surface area contributed by atoms with E-state index in [-0.39, 0.29) is 54.3 Å². The Bertz CT molecular complexity index is 1070. The van der Waals surface area contributed by atoms with Crippen LogP contribution < -0.4 is 10.1 Å². The zero-order valence-corrected chi connectivity index (χ0v) is 21.3. The summed E-state index contributed by atoms with van der Waals surface area (Å²) in [6.45, 7) is 4.71. The molecule has 0 unspecified atom stereocenters. The van der Waals surface area contributed by atoms with E-state index in [0.29, 0.717) is 24.5 Å². The molecule has 0 aliphatic carbocycles. The Morgan fingerprint density at radius 1 is 1.19 bits per heavy atom. The predicted octanol–water partition coefficient (Wildman–Crippen LogP) is 1.71. The molecule has 0 radical (unpaired) electrons. The average Bonchev–Trinajstić information content (AvgIpc) is 2.88. The number of hydrogen-bond acceptors (Lipinski definition) is 8. The van der Waals surface area contributed by atoms with Crippen molar-refractivity contribution in [2.75, 3.05) is 52.9 Å². The molecule has 11 nitrogen and oxygen atoms in total. The van der Waals surface area contributed by atoms with Gasteiger partial charge in [0.25, 0.3) is 11.8 Å². The van der Waals surface area contributed by atoms with Crippen LogP contribution in [-0.4, -0.2) is 97.2 Å². The molecular formula is C25H33N5O6. The summed E-state index contributed by atoms with van der Waals surface area (Å²) in [5.41, 5.74) is 0.833. The summed E-state index contributed by atoms with van der Waals surface area (Å²) in [5.74, 6) is -0.607. The van der Waals surface area contributed by atoms with E-state index in [2.05, 4.69) is 15.3 Å². The highest BCUT2D eigenvalue weighted by molar-refractivity contribution is 6.04. The van der Waals surface area contributed by atoms with Crippen LogP contribution in [0.15, 0.2) is 36.8 Å². The second-order valence-electron chi connectivity index (χ2n) is 8.83. The van der Waals surface area contributed by atoms with Gasteiger partial charge in [-0.2, -0.15) is 0 Å². The third kappa shape index (κ3) is 6.55. The first kappa shape index (κ1) is 27.0. The topological polar surface area (TPSA) is 123 Å². The highest BCUT2D eigenvalue weighted by Crippen LogP contribution is 2.26. The molecule has 0 saturated carbocycles. The summed E-state index contributed by atoms with van der Waals surface area (Å²) < 4.78 is 16.8. The summed E-state index contributed by atoms with van der Waals surface area (Å²) in [7, 11) is 4.75. The fraction of sp³-hybridized carbons (Fsp3) is 0.480. The van der Waals surface area contributed by atoms with Crippen LogP contribution in [0, 0.1) is 5.92 Å². The first-order valence-corrected chi connectivity index (χ1v) is 11.7. The highest BCUT2D eigenvalue weighted by atomic mass is 16.5. The highest BCUT2D eigenvalue weighted by Gasteiger charge is 2.30. The SMILES string of the molecule is COCC(=O)N1C[C@@H](C)[C@@H](OC)CN(C)C(=O)c2cc(NC(=O)c3cnccn3)ccc2OC[C@@H]1C. The smallest absolute Gasteiger partial charge is 0.275 e. The van der Waals surface area contributed by atoms with E-state index in [9.17, 15) is 14.4 Å². The summed E-state index contributed by atoms with van der Waals surface area (Å²) in [6, 6.07) is 4.55. The third-order valence-corrected chi connectivity index (χ3v) is 6.09. The van der Waals surface area contributed by atoms with E-state index in [1.807, 2.05) is 13.8 Å². The number of fused-ring (bicyclic) bond motifs is 1. The molecule has 11 heteroatoms. The Labute approximate surface area is 210 Å². The van der Waals surface area contributed by atoms with E-state index < -0.39 is 5.91 Å². The third-order valence-electron chi connectivity index (χ3n) is 6.09. The van der Waals surface area contributed by atoms with Gasteiger partial charge in [0.15, 0.2) is 0 Å². The van der Waals surface area contributed by atoms with Gasteiger partial charge >= 0.3 is 0 Å². The summed E-state index contributed by atoms with van der Waals surface area (Å²) >= 11 is 0. The molecule has 0 saturated heterocycles. The lowest BCUT2D eigenvalue weighted by Crippen LogP contribution is -2.49. The van der Waals surface area contributed by atoms with Gasteiger partial charge in [-0.3, -0.25) is 19.4 Å². The van der Waals surface area contributed by atoms with Crippen LogP contribution in [0.2, 0.25) is 0 Å². The van der Waals surface area contributed by atoms with Gasteiger partial charge in [-0.05, 0) is 25.1 Å². The number of carbonyl (C=O) groups is 3. The van der Waals surface area contributed by atoms with Gasteiger partial charge in [-0.15, -0.1) is 0 Å². The Morgan fingerprint density at radius 2 is 1.97 bits per heavy atom. The van der Waals surface area contributed by atoms with Crippen LogP contribution in [0.25, 0.3) is 0 Å². The van der Waals surface area contributed by atoms with Gasteiger partial charge in [-0.25, -0.2) is 4.98 Å². The second-order valence-corrected chi connectivity index (χ2v) is 8.83. The van der Waals surface area contributed by atoms with Crippen molar-refractivity contribution in [1.82, 2.24) is 19.8 Å². The van der Waals surface area contributed by atoms with Crippen molar-refractivity contribution in [1.29, 1.82) is 0 Å². The molecule has 1 aliphatic heterocycles. The molecule has 3 rings (SSSR count). The minimum Gasteiger partial charge on any atom is -0.491 e. The molecule has 1 aliphatic rings. The van der Waals surface area contributed by atoms with Crippen molar-refractivity contribution < 1.29 is 28.6 Å². The van der Waals surface area contributed by atoms with E-state index in [0.717, 1.165) is 0 Å². The maximum atomic E-state index is 13.4. The zero-order valence-electron chi connectivity index (χ0n) is 21.3. The fourth-order valence-corrected chi connectivity index (χ4v) is 4.02. The minimum atomic E-state index is -0.452. The van der Waals surface area contributed by atoms with Gasteiger partial charge in [0, 0.05) is 58.4 Å². The van der Waals surface area contributed by atoms with Crippen LogP contribution in [0.3, 0.4) is 0 Å². The van der Waals surface area contributed by atoms with Crippen molar-refractivity contribution in [3.05, 3.63) is 48.0 Å². The summed E-state index contributed by atoms with van der Waals surface area (Å²) in [6.07, 6.45) is 3.94. The number of amides is 3. The fourth-order valence-electron chi connectivity index (χ4n) is 4.02. The normalized spacial score (nSPS) is 21.0. The van der Waals surface area contributed by atoms with Crippen LogP contribution in [0.4, 0.5) is 5.69 Å². The van der Waals surface area contributed by atoms with E-state index in [1.165, 1.54) is 25.7 Å². The zero-order chi connectivity index (χ0) is 26.2. The molecular weight excluding hydrogens is 466 g/mol. The molecule has 3 amide bonds. The maximum absolute atomic E-state index is 13.4. The molecule has 2 heterocycles. The number of likely N-dealkylation sites (N-methyl/N-ethyl adjacent to an activating group) is 1. The van der Waals surface area contributed by atoms with E-state index in [1.54, 1.807) is 42.2 Å². The van der Waals surface area contributed by atoms with Gasteiger partial charge in [0.05, 0.1) is 23.9 Å². The van der Waals surface area contributed by atoms with Crippen molar-refractivity contribution in [2.45, 2.75) is 26.0 Å². The molecule has 36 heavy (non-hydrogen) atoms. The Balaban J connectivity index is 1.93. The maximum Gasteiger partial charge on any atom is 0.275 e. The molecule has 0 spiro atoms. The van der Waals surface area contributed by atoms with Gasteiger partial charge < -0.3 is 29.3 Å². The van der Waals surface area contributed by atoms with Gasteiger partial charge in [-0.1, -0.05) is 6.92 Å². The number of benzene rings is 1. The first-order chi connectivity index (χ1) is 17.2. The van der Waals surface area contributed by atoms with Crippen molar-refractivity contribution in [2.24, 2.45) is 5.92 Å². The summed E-state index contributed by atoms with van der Waals surface area (Å²) in [5, 5.41) is 2.74. The molecule has 3 atom stereocenters. The number of methoxy groups -OCH3 is 2. The Kier molecular flexibility index (Phi) is 9.31. The van der Waals surface area contributed by atoms with Crippen molar-refractivity contribution >= 4 is 23.4 Å². The number of nitrogens with one attached hydrogen (secondary N) is 1. The van der Waals surface area contributed by atoms with Crippen LogP contribution in [-0.2, 0) is 14.3 Å². The van der Waals surface area contributed by atoms with E-state index >= 15 is 0 Å². The molecule has 1 aromatic heterocycles. The largest absolute Gasteiger partial charge is 0.491 e. The number of aromatic nitrogens is 2. The number of hydrogen-bond donors (Lipinski definition) is 1. The lowest BCUT2D eigenvalue weighted by Gasteiger charge is -2.36. The number of rotatable bonds is 5. The number of nitrogens with zero attached hydrogens (tertiary/aromatic N) is 4. The van der Waals surface area contributed by atoms with E-state index in [4.69, 9.17) is 14.2 Å². The molecule has 1 aromatic carbocycles. The van der Waals surface area contributed by atoms with Gasteiger partial charge in [0.2, 0.25) is 5.91 Å². The molecule has 0 bridgehead atoms. The number of ether oxygens (including phenoxy) is 3.